The minimum absolute atomic E-state index is 0.773. The molecule has 0 aliphatic carbocycles. The molecule has 0 atom stereocenters. The standard InChI is InChI=1S/C15H18BrN3/c1-10-14(9-17-3)11(2)19-15(18-10)8-12-4-6-13(16)7-5-12/h4-7,17H,8-9H2,1-3H3. The molecule has 0 saturated carbocycles. The highest BCUT2D eigenvalue weighted by molar-refractivity contribution is 9.10. The molecule has 1 aromatic heterocycles. The predicted octanol–water partition coefficient (Wildman–Crippen LogP) is 3.17. The van der Waals surface area contributed by atoms with E-state index in [-0.39, 0.29) is 0 Å². The van der Waals surface area contributed by atoms with E-state index in [1.807, 2.05) is 33.0 Å². The highest BCUT2D eigenvalue weighted by atomic mass is 79.9. The lowest BCUT2D eigenvalue weighted by Gasteiger charge is -2.10. The van der Waals surface area contributed by atoms with Gasteiger partial charge >= 0.3 is 0 Å². The Morgan fingerprint density at radius 1 is 1.05 bits per heavy atom. The summed E-state index contributed by atoms with van der Waals surface area (Å²) in [7, 11) is 1.94. The zero-order chi connectivity index (χ0) is 13.8. The summed E-state index contributed by atoms with van der Waals surface area (Å²) in [6.07, 6.45) is 0.773. The summed E-state index contributed by atoms with van der Waals surface area (Å²) in [6, 6.07) is 8.29. The highest BCUT2D eigenvalue weighted by Crippen LogP contribution is 2.15. The average Bonchev–Trinajstić information content (AvgIpc) is 2.37. The highest BCUT2D eigenvalue weighted by Gasteiger charge is 2.08. The second-order valence-corrected chi connectivity index (χ2v) is 5.54. The van der Waals surface area contributed by atoms with E-state index >= 15 is 0 Å². The molecule has 0 radical (unpaired) electrons. The number of nitrogens with one attached hydrogen (secondary N) is 1. The van der Waals surface area contributed by atoms with Crippen molar-refractivity contribution in [1.29, 1.82) is 0 Å². The predicted molar refractivity (Wildman–Crippen MR) is 81.2 cm³/mol. The van der Waals surface area contributed by atoms with Crippen molar-refractivity contribution in [3.05, 3.63) is 57.1 Å². The van der Waals surface area contributed by atoms with E-state index in [0.29, 0.717) is 0 Å². The molecule has 1 N–H and O–H groups in total. The summed E-state index contributed by atoms with van der Waals surface area (Å²) in [5.74, 6) is 0.886. The van der Waals surface area contributed by atoms with E-state index in [1.54, 1.807) is 0 Å². The summed E-state index contributed by atoms with van der Waals surface area (Å²) < 4.78 is 1.09. The molecule has 4 heteroatoms. The lowest BCUT2D eigenvalue weighted by molar-refractivity contribution is 0.773. The van der Waals surface area contributed by atoms with Gasteiger partial charge in [0.05, 0.1) is 0 Å². The van der Waals surface area contributed by atoms with Crippen molar-refractivity contribution in [3.63, 3.8) is 0 Å². The van der Waals surface area contributed by atoms with Crippen molar-refractivity contribution in [2.75, 3.05) is 7.05 Å². The van der Waals surface area contributed by atoms with Crippen molar-refractivity contribution in [3.8, 4) is 0 Å². The second kappa shape index (κ2) is 6.26. The van der Waals surface area contributed by atoms with Crippen molar-refractivity contribution in [2.24, 2.45) is 0 Å². The van der Waals surface area contributed by atoms with Crippen molar-refractivity contribution in [2.45, 2.75) is 26.8 Å². The van der Waals surface area contributed by atoms with Gasteiger partial charge in [-0.15, -0.1) is 0 Å². The quantitative estimate of drug-likeness (QED) is 0.940. The van der Waals surface area contributed by atoms with Gasteiger partial charge in [0.1, 0.15) is 5.82 Å². The second-order valence-electron chi connectivity index (χ2n) is 4.62. The molecule has 0 bridgehead atoms. The van der Waals surface area contributed by atoms with Gasteiger partial charge in [0.15, 0.2) is 0 Å². The van der Waals surface area contributed by atoms with Gasteiger partial charge in [-0.3, -0.25) is 0 Å². The molecular formula is C15H18BrN3. The number of hydrogen-bond acceptors (Lipinski definition) is 3. The molecule has 100 valence electrons. The van der Waals surface area contributed by atoms with Crippen LogP contribution in [0.5, 0.6) is 0 Å². The van der Waals surface area contributed by atoms with Gasteiger partial charge in [-0.1, -0.05) is 28.1 Å². The Hall–Kier alpha value is -1.26. The summed E-state index contributed by atoms with van der Waals surface area (Å²) >= 11 is 3.44. The summed E-state index contributed by atoms with van der Waals surface area (Å²) in [6.45, 7) is 4.91. The molecule has 3 nitrogen and oxygen atoms in total. The monoisotopic (exact) mass is 319 g/mol. The van der Waals surface area contributed by atoms with Crippen LogP contribution in [0.15, 0.2) is 28.7 Å². The van der Waals surface area contributed by atoms with Gasteiger partial charge in [0, 0.05) is 34.4 Å². The lowest BCUT2D eigenvalue weighted by atomic mass is 10.1. The van der Waals surface area contributed by atoms with E-state index in [0.717, 1.165) is 34.7 Å². The first-order chi connectivity index (χ1) is 9.10. The molecule has 0 unspecified atom stereocenters. The van der Waals surface area contributed by atoms with Gasteiger partial charge in [-0.25, -0.2) is 9.97 Å². The number of hydrogen-bond donors (Lipinski definition) is 1. The molecule has 0 fully saturated rings. The summed E-state index contributed by atoms with van der Waals surface area (Å²) in [5, 5.41) is 3.16. The smallest absolute Gasteiger partial charge is 0.133 e. The van der Waals surface area contributed by atoms with Crippen molar-refractivity contribution in [1.82, 2.24) is 15.3 Å². The van der Waals surface area contributed by atoms with Gasteiger partial charge in [0.2, 0.25) is 0 Å². The minimum atomic E-state index is 0.773. The molecule has 19 heavy (non-hydrogen) atoms. The van der Waals surface area contributed by atoms with Crippen LogP contribution in [0, 0.1) is 13.8 Å². The molecule has 2 rings (SSSR count). The van der Waals surface area contributed by atoms with Crippen LogP contribution < -0.4 is 5.32 Å². The van der Waals surface area contributed by atoms with Crippen LogP contribution in [0.1, 0.15) is 28.3 Å². The van der Waals surface area contributed by atoms with E-state index in [9.17, 15) is 0 Å². The lowest BCUT2D eigenvalue weighted by Crippen LogP contribution is -2.12. The Morgan fingerprint density at radius 2 is 1.63 bits per heavy atom. The fraction of sp³-hybridized carbons (Fsp3) is 0.333. The maximum atomic E-state index is 4.61. The average molecular weight is 320 g/mol. The van der Waals surface area contributed by atoms with Crippen LogP contribution in [0.3, 0.4) is 0 Å². The number of rotatable bonds is 4. The number of aryl methyl sites for hydroxylation is 2. The molecule has 0 saturated heterocycles. The van der Waals surface area contributed by atoms with Crippen molar-refractivity contribution < 1.29 is 0 Å². The van der Waals surface area contributed by atoms with Gasteiger partial charge in [-0.2, -0.15) is 0 Å². The van der Waals surface area contributed by atoms with E-state index in [4.69, 9.17) is 0 Å². The minimum Gasteiger partial charge on any atom is -0.316 e. The van der Waals surface area contributed by atoms with Crippen molar-refractivity contribution >= 4 is 15.9 Å². The number of halogens is 1. The Balaban J connectivity index is 2.24. The molecule has 0 aliphatic heterocycles. The van der Waals surface area contributed by atoms with Gasteiger partial charge < -0.3 is 5.32 Å². The Labute approximate surface area is 122 Å². The van der Waals surface area contributed by atoms with Gasteiger partial charge in [0.25, 0.3) is 0 Å². The number of benzene rings is 1. The molecule has 1 heterocycles. The number of nitrogens with zero attached hydrogens (tertiary/aromatic N) is 2. The molecule has 0 aliphatic rings. The Bertz CT molecular complexity index is 541. The summed E-state index contributed by atoms with van der Waals surface area (Å²) in [4.78, 5) is 9.21. The Kier molecular flexibility index (Phi) is 4.66. The van der Waals surface area contributed by atoms with E-state index in [2.05, 4.69) is 43.3 Å². The first-order valence-corrected chi connectivity index (χ1v) is 7.11. The van der Waals surface area contributed by atoms with Crippen LogP contribution in [0.2, 0.25) is 0 Å². The zero-order valence-corrected chi connectivity index (χ0v) is 13.1. The third-order valence-electron chi connectivity index (χ3n) is 3.10. The van der Waals surface area contributed by atoms with E-state index < -0.39 is 0 Å². The fourth-order valence-electron chi connectivity index (χ4n) is 2.11. The van der Waals surface area contributed by atoms with Crippen LogP contribution in [0.25, 0.3) is 0 Å². The number of aromatic nitrogens is 2. The SMILES string of the molecule is CNCc1c(C)nc(Cc2ccc(Br)cc2)nc1C. The molecular weight excluding hydrogens is 302 g/mol. The molecule has 2 aromatic rings. The molecule has 1 aromatic carbocycles. The molecule has 0 amide bonds. The first-order valence-electron chi connectivity index (χ1n) is 6.32. The summed E-state index contributed by atoms with van der Waals surface area (Å²) in [5.41, 5.74) is 4.55. The van der Waals surface area contributed by atoms with Crippen LogP contribution in [-0.4, -0.2) is 17.0 Å². The maximum absolute atomic E-state index is 4.61. The van der Waals surface area contributed by atoms with Crippen LogP contribution >= 0.6 is 15.9 Å². The van der Waals surface area contributed by atoms with Crippen LogP contribution in [-0.2, 0) is 13.0 Å². The zero-order valence-electron chi connectivity index (χ0n) is 11.5. The van der Waals surface area contributed by atoms with Crippen LogP contribution in [0.4, 0.5) is 0 Å². The van der Waals surface area contributed by atoms with E-state index in [1.165, 1.54) is 11.1 Å². The largest absolute Gasteiger partial charge is 0.316 e. The topological polar surface area (TPSA) is 37.8 Å². The first kappa shape index (κ1) is 14.2. The normalized spacial score (nSPS) is 10.7. The Morgan fingerprint density at radius 3 is 2.16 bits per heavy atom. The third-order valence-corrected chi connectivity index (χ3v) is 3.62. The van der Waals surface area contributed by atoms with Gasteiger partial charge in [-0.05, 0) is 38.6 Å². The maximum Gasteiger partial charge on any atom is 0.133 e. The third kappa shape index (κ3) is 3.61. The molecule has 0 spiro atoms. The fourth-order valence-corrected chi connectivity index (χ4v) is 2.37.